The zero-order valence-electron chi connectivity index (χ0n) is 22.7. The Hall–Kier alpha value is -5.25. The van der Waals surface area contributed by atoms with Crippen LogP contribution in [0.25, 0.3) is 80.9 Å². The second-order valence-electron chi connectivity index (χ2n) is 10.8. The van der Waals surface area contributed by atoms with Crippen molar-refractivity contribution >= 4 is 58.8 Å². The van der Waals surface area contributed by atoms with Crippen LogP contribution < -0.4 is 0 Å². The van der Waals surface area contributed by atoms with E-state index in [4.69, 9.17) is 0 Å². The predicted octanol–water partition coefficient (Wildman–Crippen LogP) is 11.0. The summed E-state index contributed by atoms with van der Waals surface area (Å²) in [6.07, 6.45) is 3.94. The van der Waals surface area contributed by atoms with Crippen molar-refractivity contribution in [2.24, 2.45) is 0 Å². The Bertz CT molecular complexity index is 2480. The molecular weight excluding hydrogens is 529 g/mol. The van der Waals surface area contributed by atoms with Gasteiger partial charge in [0.15, 0.2) is 0 Å². The van der Waals surface area contributed by atoms with E-state index in [0.717, 1.165) is 5.65 Å². The molecule has 6 aromatic carbocycles. The molecule has 3 aromatic heterocycles. The largest absolute Gasteiger partial charge is 0.299 e. The van der Waals surface area contributed by atoms with Gasteiger partial charge >= 0.3 is 0 Å². The lowest BCUT2D eigenvalue weighted by molar-refractivity contribution is 1.27. The van der Waals surface area contributed by atoms with Gasteiger partial charge in [-0.15, -0.1) is 11.3 Å². The van der Waals surface area contributed by atoms with Gasteiger partial charge in [-0.2, -0.15) is 0 Å². The first-order valence-corrected chi connectivity index (χ1v) is 15.0. The first-order valence-electron chi connectivity index (χ1n) is 14.2. The van der Waals surface area contributed by atoms with E-state index >= 15 is 0 Å². The van der Waals surface area contributed by atoms with Crippen LogP contribution in [0.15, 0.2) is 146 Å². The van der Waals surface area contributed by atoms with Crippen molar-refractivity contribution in [3.63, 3.8) is 0 Å². The molecule has 0 aliphatic rings. The van der Waals surface area contributed by atoms with E-state index in [0.29, 0.717) is 0 Å². The van der Waals surface area contributed by atoms with Crippen molar-refractivity contribution in [1.82, 2.24) is 9.38 Å². The Morgan fingerprint density at radius 3 is 1.95 bits per heavy atom. The lowest BCUT2D eigenvalue weighted by Crippen LogP contribution is -1.91. The summed E-state index contributed by atoms with van der Waals surface area (Å²) >= 11 is 1.88. The molecule has 42 heavy (non-hydrogen) atoms. The van der Waals surface area contributed by atoms with Crippen molar-refractivity contribution in [2.75, 3.05) is 0 Å². The standard InChI is InChI=1S/C39H24N2S/c1-2-14-34-31(12-1)35-24-28(18-19-36(35)41-21-20-40-39(34)41)26-9-5-8-25(22-26)27-10-6-11-29(23-27)30-15-7-16-33-32-13-3-4-17-37(32)42-38(30)33/h1-24H. The lowest BCUT2D eigenvalue weighted by Gasteiger charge is -2.12. The van der Waals surface area contributed by atoms with Crippen molar-refractivity contribution < 1.29 is 0 Å². The summed E-state index contributed by atoms with van der Waals surface area (Å²) in [7, 11) is 0. The van der Waals surface area contributed by atoms with Crippen LogP contribution in [-0.2, 0) is 0 Å². The average molecular weight is 553 g/mol. The maximum Gasteiger partial charge on any atom is 0.145 e. The van der Waals surface area contributed by atoms with Crippen LogP contribution in [0.4, 0.5) is 0 Å². The Kier molecular flexibility index (Phi) is 5.10. The molecule has 0 bridgehead atoms. The topological polar surface area (TPSA) is 17.3 Å². The Morgan fingerprint density at radius 1 is 0.476 bits per heavy atom. The zero-order chi connectivity index (χ0) is 27.6. The molecule has 9 aromatic rings. The van der Waals surface area contributed by atoms with Crippen LogP contribution in [0, 0.1) is 0 Å². The van der Waals surface area contributed by atoms with E-state index in [1.54, 1.807) is 0 Å². The van der Waals surface area contributed by atoms with Crippen molar-refractivity contribution in [1.29, 1.82) is 0 Å². The SMILES string of the molecule is c1cc(-c2cccc(-c3cccc4c3sc3ccccc34)c2)cc(-c2ccc3c(c2)c2ccccc2c2nccn32)c1. The molecule has 0 aliphatic heterocycles. The monoisotopic (exact) mass is 552 g/mol. The number of pyridine rings is 1. The molecular formula is C39H24N2S. The van der Waals surface area contributed by atoms with Gasteiger partial charge in [-0.3, -0.25) is 4.40 Å². The van der Waals surface area contributed by atoms with Gasteiger partial charge in [0.1, 0.15) is 5.65 Å². The number of imidazole rings is 1. The van der Waals surface area contributed by atoms with Crippen LogP contribution in [0.3, 0.4) is 0 Å². The summed E-state index contributed by atoms with van der Waals surface area (Å²) in [6, 6.07) is 48.6. The highest BCUT2D eigenvalue weighted by Crippen LogP contribution is 2.41. The second-order valence-corrected chi connectivity index (χ2v) is 11.9. The fourth-order valence-corrected chi connectivity index (χ4v) is 7.71. The molecule has 9 rings (SSSR count). The number of hydrogen-bond donors (Lipinski definition) is 0. The second kappa shape index (κ2) is 9.13. The first-order chi connectivity index (χ1) is 20.8. The molecule has 0 spiro atoms. The Morgan fingerprint density at radius 2 is 1.12 bits per heavy atom. The molecule has 0 radical (unpaired) electrons. The summed E-state index contributed by atoms with van der Waals surface area (Å²) in [6.45, 7) is 0. The van der Waals surface area contributed by atoms with E-state index in [1.165, 1.54) is 75.2 Å². The minimum Gasteiger partial charge on any atom is -0.299 e. The van der Waals surface area contributed by atoms with E-state index in [9.17, 15) is 0 Å². The third-order valence-electron chi connectivity index (χ3n) is 8.46. The number of nitrogens with zero attached hydrogens (tertiary/aromatic N) is 2. The molecule has 0 N–H and O–H groups in total. The van der Waals surface area contributed by atoms with Gasteiger partial charge in [0.2, 0.25) is 0 Å². The third kappa shape index (κ3) is 3.54. The van der Waals surface area contributed by atoms with Crippen molar-refractivity contribution in [2.45, 2.75) is 0 Å². The van der Waals surface area contributed by atoms with Gasteiger partial charge in [0, 0.05) is 43.3 Å². The summed E-state index contributed by atoms with van der Waals surface area (Å²) < 4.78 is 4.88. The van der Waals surface area contributed by atoms with Crippen LogP contribution in [-0.4, -0.2) is 9.38 Å². The molecule has 0 atom stereocenters. The Labute approximate surface area is 246 Å². The molecule has 196 valence electrons. The quantitative estimate of drug-likeness (QED) is 0.199. The molecule has 0 saturated heterocycles. The number of aromatic nitrogens is 2. The fraction of sp³-hybridized carbons (Fsp3) is 0. The minimum absolute atomic E-state index is 0.999. The van der Waals surface area contributed by atoms with Crippen molar-refractivity contribution in [3.05, 3.63) is 146 Å². The average Bonchev–Trinajstić information content (AvgIpc) is 3.71. The summed E-state index contributed by atoms with van der Waals surface area (Å²) in [5, 5.41) is 6.30. The highest BCUT2D eigenvalue weighted by Gasteiger charge is 2.13. The smallest absolute Gasteiger partial charge is 0.145 e. The predicted molar refractivity (Wildman–Crippen MR) is 179 cm³/mol. The molecule has 0 unspecified atom stereocenters. The maximum absolute atomic E-state index is 4.64. The van der Waals surface area contributed by atoms with Gasteiger partial charge in [-0.25, -0.2) is 4.98 Å². The molecule has 0 fully saturated rings. The van der Waals surface area contributed by atoms with E-state index in [1.807, 2.05) is 17.5 Å². The number of rotatable bonds is 3. The molecule has 3 heteroatoms. The van der Waals surface area contributed by atoms with Gasteiger partial charge in [-0.1, -0.05) is 103 Å². The van der Waals surface area contributed by atoms with Crippen LogP contribution in [0.5, 0.6) is 0 Å². The van der Waals surface area contributed by atoms with Gasteiger partial charge in [0.25, 0.3) is 0 Å². The van der Waals surface area contributed by atoms with Crippen molar-refractivity contribution in [3.8, 4) is 33.4 Å². The number of fused-ring (bicyclic) bond motifs is 9. The van der Waals surface area contributed by atoms with Gasteiger partial charge in [0.05, 0.1) is 5.52 Å². The number of benzene rings is 6. The van der Waals surface area contributed by atoms with E-state index in [-0.39, 0.29) is 0 Å². The highest BCUT2D eigenvalue weighted by molar-refractivity contribution is 7.26. The molecule has 0 aliphatic carbocycles. The zero-order valence-corrected chi connectivity index (χ0v) is 23.5. The van der Waals surface area contributed by atoms with E-state index < -0.39 is 0 Å². The first kappa shape index (κ1) is 23.5. The van der Waals surface area contributed by atoms with Gasteiger partial charge in [-0.05, 0) is 69.1 Å². The maximum atomic E-state index is 4.64. The third-order valence-corrected chi connectivity index (χ3v) is 9.68. The summed E-state index contributed by atoms with van der Waals surface area (Å²) in [5.41, 5.74) is 9.56. The number of thiophene rings is 1. The fourth-order valence-electron chi connectivity index (χ4n) is 6.47. The molecule has 0 saturated carbocycles. The molecule has 2 nitrogen and oxygen atoms in total. The summed E-state index contributed by atoms with van der Waals surface area (Å²) in [5.74, 6) is 0. The minimum atomic E-state index is 0.999. The molecule has 0 amide bonds. The highest BCUT2D eigenvalue weighted by atomic mass is 32.1. The molecule has 3 heterocycles. The van der Waals surface area contributed by atoms with Crippen LogP contribution in [0.2, 0.25) is 0 Å². The Balaban J connectivity index is 1.16. The summed E-state index contributed by atoms with van der Waals surface area (Å²) in [4.78, 5) is 4.64. The lowest BCUT2D eigenvalue weighted by atomic mass is 9.95. The number of hydrogen-bond acceptors (Lipinski definition) is 2. The van der Waals surface area contributed by atoms with Gasteiger partial charge < -0.3 is 0 Å². The van der Waals surface area contributed by atoms with Crippen LogP contribution >= 0.6 is 11.3 Å². The normalized spacial score (nSPS) is 11.8. The van der Waals surface area contributed by atoms with Crippen LogP contribution in [0.1, 0.15) is 0 Å². The van der Waals surface area contributed by atoms with E-state index in [2.05, 4.69) is 149 Å².